The first-order chi connectivity index (χ1) is 12.0. The summed E-state index contributed by atoms with van der Waals surface area (Å²) in [5, 5.41) is 12.1. The molecule has 0 fully saturated rings. The molecule has 1 aromatic heterocycles. The zero-order valence-electron chi connectivity index (χ0n) is 13.6. The van der Waals surface area contributed by atoms with E-state index in [2.05, 4.69) is 31.0 Å². The summed E-state index contributed by atoms with van der Waals surface area (Å²) in [4.78, 5) is 15.5. The molecule has 0 bridgehead atoms. The largest absolute Gasteiger partial charge is 0.454 e. The van der Waals surface area contributed by atoms with Gasteiger partial charge in [0.05, 0.1) is 26.8 Å². The highest BCUT2D eigenvalue weighted by molar-refractivity contribution is 7.19. The van der Waals surface area contributed by atoms with Crippen molar-refractivity contribution < 1.29 is 14.4 Å². The zero-order chi connectivity index (χ0) is 17.6. The number of ether oxygens (including phenoxy) is 2. The second-order valence-electron chi connectivity index (χ2n) is 5.81. The van der Waals surface area contributed by atoms with E-state index >= 15 is 0 Å². The molecular formula is C18H14N2O4S. The zero-order valence-corrected chi connectivity index (χ0v) is 14.4. The van der Waals surface area contributed by atoms with Gasteiger partial charge in [0.25, 0.3) is 5.69 Å². The highest BCUT2D eigenvalue weighted by Crippen LogP contribution is 2.38. The Morgan fingerprint density at radius 1 is 1.12 bits per heavy atom. The van der Waals surface area contributed by atoms with Crippen molar-refractivity contribution in [3.63, 3.8) is 0 Å². The number of benzene rings is 2. The van der Waals surface area contributed by atoms with E-state index in [-0.39, 0.29) is 12.5 Å². The van der Waals surface area contributed by atoms with Gasteiger partial charge in [0, 0.05) is 0 Å². The van der Waals surface area contributed by atoms with Crippen molar-refractivity contribution >= 4 is 39.4 Å². The normalized spacial score (nSPS) is 13.0. The van der Waals surface area contributed by atoms with Crippen molar-refractivity contribution in [1.82, 2.24) is 4.98 Å². The summed E-state index contributed by atoms with van der Waals surface area (Å²) in [6, 6.07) is 7.19. The fraction of sp³-hybridized carbons (Fsp3) is 0.167. The van der Waals surface area contributed by atoms with Crippen molar-refractivity contribution in [2.24, 2.45) is 0 Å². The van der Waals surface area contributed by atoms with E-state index in [1.54, 1.807) is 29.6 Å². The Labute approximate surface area is 147 Å². The molecule has 1 aliphatic rings. The molecule has 2 aromatic carbocycles. The molecule has 6 nitrogen and oxygen atoms in total. The van der Waals surface area contributed by atoms with E-state index in [0.29, 0.717) is 17.1 Å². The molecule has 0 atom stereocenters. The van der Waals surface area contributed by atoms with Gasteiger partial charge in [-0.25, -0.2) is 4.98 Å². The van der Waals surface area contributed by atoms with Gasteiger partial charge < -0.3 is 9.47 Å². The van der Waals surface area contributed by atoms with Gasteiger partial charge in [-0.05, 0) is 55.3 Å². The van der Waals surface area contributed by atoms with Crippen LogP contribution in [0.5, 0.6) is 11.5 Å². The molecule has 3 aromatic rings. The number of nitrogens with zero attached hydrogens (tertiary/aromatic N) is 2. The SMILES string of the molecule is Cc1cc2nc(/C=C/c3cc4c(cc3[N+](=O)[O-])OCO4)sc2cc1C. The van der Waals surface area contributed by atoms with Crippen LogP contribution in [0.25, 0.3) is 22.4 Å². The van der Waals surface area contributed by atoms with Crippen LogP contribution in [0.15, 0.2) is 24.3 Å². The second-order valence-corrected chi connectivity index (χ2v) is 6.87. The first kappa shape index (κ1) is 15.6. The van der Waals surface area contributed by atoms with Gasteiger partial charge in [-0.3, -0.25) is 10.1 Å². The van der Waals surface area contributed by atoms with Gasteiger partial charge in [-0.1, -0.05) is 0 Å². The van der Waals surface area contributed by atoms with Crippen LogP contribution in [-0.4, -0.2) is 16.7 Å². The van der Waals surface area contributed by atoms with Crippen LogP contribution in [0.4, 0.5) is 5.69 Å². The molecule has 0 N–H and O–H groups in total. The standard InChI is InChI=1S/C18H14N2O4S/c1-10-5-13-17(6-11(10)2)25-18(19-13)4-3-12-7-15-16(24-9-23-15)8-14(12)20(21)22/h3-8H,9H2,1-2H3/b4-3+. The predicted molar refractivity (Wildman–Crippen MR) is 97.2 cm³/mol. The van der Waals surface area contributed by atoms with E-state index in [4.69, 9.17) is 9.47 Å². The van der Waals surface area contributed by atoms with Crippen LogP contribution in [0.1, 0.15) is 21.7 Å². The van der Waals surface area contributed by atoms with E-state index in [0.717, 1.165) is 15.2 Å². The number of hydrogen-bond donors (Lipinski definition) is 0. The highest BCUT2D eigenvalue weighted by Gasteiger charge is 2.22. The molecule has 0 saturated carbocycles. The number of rotatable bonds is 3. The minimum atomic E-state index is -0.424. The molecule has 1 aliphatic heterocycles. The molecule has 25 heavy (non-hydrogen) atoms. The van der Waals surface area contributed by atoms with Crippen LogP contribution in [0.3, 0.4) is 0 Å². The molecule has 2 heterocycles. The highest BCUT2D eigenvalue weighted by atomic mass is 32.1. The summed E-state index contributed by atoms with van der Waals surface area (Å²) < 4.78 is 11.6. The first-order valence-corrected chi connectivity index (χ1v) is 8.47. The van der Waals surface area contributed by atoms with Crippen LogP contribution in [-0.2, 0) is 0 Å². The van der Waals surface area contributed by atoms with Crippen molar-refractivity contribution in [2.75, 3.05) is 6.79 Å². The summed E-state index contributed by atoms with van der Waals surface area (Å²) in [6.45, 7) is 4.20. The molecule has 0 spiro atoms. The molecule has 126 valence electrons. The third-order valence-corrected chi connectivity index (χ3v) is 5.13. The maximum Gasteiger partial charge on any atom is 0.280 e. The molecule has 0 amide bonds. The molecular weight excluding hydrogens is 340 g/mol. The summed E-state index contributed by atoms with van der Waals surface area (Å²) in [7, 11) is 0. The Kier molecular flexibility index (Phi) is 3.65. The molecule has 0 radical (unpaired) electrons. The third-order valence-electron chi connectivity index (χ3n) is 4.14. The minimum absolute atomic E-state index is 0.0201. The van der Waals surface area contributed by atoms with E-state index in [1.807, 2.05) is 0 Å². The van der Waals surface area contributed by atoms with Gasteiger partial charge in [-0.15, -0.1) is 11.3 Å². The lowest BCUT2D eigenvalue weighted by atomic mass is 10.1. The first-order valence-electron chi connectivity index (χ1n) is 7.65. The van der Waals surface area contributed by atoms with Crippen molar-refractivity contribution in [3.8, 4) is 11.5 Å². The van der Waals surface area contributed by atoms with Gasteiger partial charge >= 0.3 is 0 Å². The second kappa shape index (κ2) is 5.86. The average Bonchev–Trinajstić information content (AvgIpc) is 3.18. The summed E-state index contributed by atoms with van der Waals surface area (Å²) in [5.74, 6) is 0.913. The van der Waals surface area contributed by atoms with Crippen LogP contribution < -0.4 is 9.47 Å². The fourth-order valence-electron chi connectivity index (χ4n) is 2.67. The smallest absolute Gasteiger partial charge is 0.280 e. The molecule has 0 saturated heterocycles. The number of aromatic nitrogens is 1. The molecule has 7 heteroatoms. The van der Waals surface area contributed by atoms with Gasteiger partial charge in [0.2, 0.25) is 6.79 Å². The number of hydrogen-bond acceptors (Lipinski definition) is 6. The van der Waals surface area contributed by atoms with Crippen LogP contribution in [0.2, 0.25) is 0 Å². The van der Waals surface area contributed by atoms with Gasteiger partial charge in [0.1, 0.15) is 5.01 Å². The number of fused-ring (bicyclic) bond motifs is 2. The lowest BCUT2D eigenvalue weighted by molar-refractivity contribution is -0.385. The molecule has 0 unspecified atom stereocenters. The van der Waals surface area contributed by atoms with Crippen molar-refractivity contribution in [3.05, 3.63) is 56.1 Å². The Balaban J connectivity index is 1.73. The Hall–Kier alpha value is -2.93. The predicted octanol–water partition coefficient (Wildman–Crippen LogP) is 4.72. The number of nitro benzene ring substituents is 1. The quantitative estimate of drug-likeness (QED) is 0.502. The summed E-state index contributed by atoms with van der Waals surface area (Å²) >= 11 is 1.56. The van der Waals surface area contributed by atoms with E-state index in [1.165, 1.54) is 17.2 Å². The van der Waals surface area contributed by atoms with E-state index < -0.39 is 4.92 Å². The Morgan fingerprint density at radius 3 is 2.60 bits per heavy atom. The third kappa shape index (κ3) is 2.83. The molecule has 0 aliphatic carbocycles. The van der Waals surface area contributed by atoms with Gasteiger partial charge in [-0.2, -0.15) is 0 Å². The Bertz CT molecular complexity index is 1000. The lowest BCUT2D eigenvalue weighted by Crippen LogP contribution is -1.93. The minimum Gasteiger partial charge on any atom is -0.454 e. The Morgan fingerprint density at radius 2 is 1.84 bits per heavy atom. The number of aryl methyl sites for hydroxylation is 2. The maximum absolute atomic E-state index is 11.3. The lowest BCUT2D eigenvalue weighted by Gasteiger charge is -2.00. The van der Waals surface area contributed by atoms with E-state index in [9.17, 15) is 10.1 Å². The average molecular weight is 354 g/mol. The fourth-order valence-corrected chi connectivity index (χ4v) is 3.62. The van der Waals surface area contributed by atoms with Crippen molar-refractivity contribution in [1.29, 1.82) is 0 Å². The number of nitro groups is 1. The maximum atomic E-state index is 11.3. The summed E-state index contributed by atoms with van der Waals surface area (Å²) in [6.07, 6.45) is 3.48. The number of thiazole rings is 1. The van der Waals surface area contributed by atoms with Crippen LogP contribution >= 0.6 is 11.3 Å². The van der Waals surface area contributed by atoms with Gasteiger partial charge in [0.15, 0.2) is 11.5 Å². The topological polar surface area (TPSA) is 74.5 Å². The van der Waals surface area contributed by atoms with Crippen molar-refractivity contribution in [2.45, 2.75) is 13.8 Å². The molecule has 4 rings (SSSR count). The van der Waals surface area contributed by atoms with Crippen LogP contribution in [0, 0.1) is 24.0 Å². The summed E-state index contributed by atoms with van der Waals surface area (Å²) in [5.41, 5.74) is 3.79. The monoisotopic (exact) mass is 354 g/mol.